The van der Waals surface area contributed by atoms with E-state index in [1.54, 1.807) is 0 Å². The van der Waals surface area contributed by atoms with E-state index < -0.39 is 0 Å². The summed E-state index contributed by atoms with van der Waals surface area (Å²) in [6.07, 6.45) is 12.6. The summed E-state index contributed by atoms with van der Waals surface area (Å²) in [6.45, 7) is 73.3. The average Bonchev–Trinajstić information content (AvgIpc) is 1.67. The van der Waals surface area contributed by atoms with E-state index in [0.717, 1.165) is 67.8 Å². The third-order valence-corrected chi connectivity index (χ3v) is 18.1. The number of rotatable bonds is 13. The molecule has 0 aromatic carbocycles. The summed E-state index contributed by atoms with van der Waals surface area (Å²) in [5.41, 5.74) is 1.81. The van der Waals surface area contributed by atoms with Crippen molar-refractivity contribution in [2.24, 2.45) is 84.0 Å². The Morgan fingerprint density at radius 1 is 0.415 bits per heavy atom. The highest BCUT2D eigenvalue weighted by Gasteiger charge is 2.47. The first-order valence-corrected chi connectivity index (χ1v) is 36.2. The molecular formula is C80H163N5O7S2. The second kappa shape index (κ2) is 41.2. The van der Waals surface area contributed by atoms with Crippen LogP contribution in [0.3, 0.4) is 0 Å². The second-order valence-corrected chi connectivity index (χ2v) is 42.8. The van der Waals surface area contributed by atoms with Crippen molar-refractivity contribution in [3.63, 3.8) is 0 Å². The van der Waals surface area contributed by atoms with Gasteiger partial charge in [-0.3, -0.25) is 38.6 Å². The van der Waals surface area contributed by atoms with Crippen molar-refractivity contribution in [2.75, 3.05) is 37.7 Å². The van der Waals surface area contributed by atoms with Crippen molar-refractivity contribution >= 4 is 64.7 Å². The van der Waals surface area contributed by atoms with Crippen LogP contribution in [0.4, 0.5) is 0 Å². The Hall–Kier alpha value is -2.61. The molecule has 2 atom stereocenters. The van der Waals surface area contributed by atoms with Crippen LogP contribution in [-0.2, 0) is 33.6 Å². The van der Waals surface area contributed by atoms with Crippen LogP contribution in [-0.4, -0.2) is 104 Å². The monoisotopic (exact) mass is 1370 g/mol. The number of thioether (sulfide) groups is 2. The van der Waals surface area contributed by atoms with E-state index in [2.05, 4.69) is 140 Å². The number of carbonyl (C=O) groups is 6. The van der Waals surface area contributed by atoms with Gasteiger partial charge in [0.1, 0.15) is 5.60 Å². The molecule has 2 saturated heterocycles. The molecule has 14 heteroatoms. The van der Waals surface area contributed by atoms with Crippen LogP contribution in [0.15, 0.2) is 5.16 Å². The van der Waals surface area contributed by atoms with Crippen LogP contribution in [0, 0.1) is 78.8 Å². The van der Waals surface area contributed by atoms with Crippen molar-refractivity contribution in [1.29, 1.82) is 0 Å². The average molecular weight is 1370 g/mol. The number of nitrogens with one attached hydrogen (secondary N) is 2. The van der Waals surface area contributed by atoms with E-state index in [1.807, 2.05) is 127 Å². The van der Waals surface area contributed by atoms with Gasteiger partial charge in [0, 0.05) is 71.9 Å². The highest BCUT2D eigenvalue weighted by atomic mass is 32.2. The minimum Gasteiger partial charge on any atom is -0.390 e. The molecule has 4 fully saturated rings. The Balaban J connectivity index is -0.000000255. The zero-order valence-electron chi connectivity index (χ0n) is 64.2. The standard InChI is InChI=1S/2C17H33NO.C15H31NOS2.2C13H23NO2.5CH4/c2*1-16(2,3)11-13-7-9-14(10-8-13)15(19)18-12-17(4,5)6;1-13(2,3)17-16-12(10-18-14(4,5)6)11-19-15(7,8)9;2*1-12(2,3)8-14-10(15)7-9(11(14)16)13(4,5)6;;;;;/h2*13-14H,7-12H2,1-6H3,(H,18,19);10-11H2,1-9H3;2*9H,7-8H2,1-6H3;5*1H4. The molecule has 12 nitrogen and oxygen atoms in total. The Labute approximate surface area is 594 Å². The van der Waals surface area contributed by atoms with Crippen molar-refractivity contribution < 1.29 is 33.6 Å². The number of hydrogen-bond acceptors (Lipinski definition) is 10. The zero-order chi connectivity index (χ0) is 70.1. The third-order valence-electron chi connectivity index (χ3n) is 15.5. The first kappa shape index (κ1) is 102. The minimum absolute atomic E-state index is 0. The van der Waals surface area contributed by atoms with E-state index in [4.69, 9.17) is 4.84 Å². The van der Waals surface area contributed by atoms with Crippen LogP contribution in [0.5, 0.6) is 0 Å². The molecule has 0 spiro atoms. The summed E-state index contributed by atoms with van der Waals surface area (Å²) in [7, 11) is 0. The number of hydrogen-bond donors (Lipinski definition) is 2. The Morgan fingerprint density at radius 3 is 0.872 bits per heavy atom. The maximum absolute atomic E-state index is 12.1. The molecule has 2 heterocycles. The van der Waals surface area contributed by atoms with Crippen molar-refractivity contribution in [3.05, 3.63) is 0 Å². The molecule has 0 radical (unpaired) electrons. The first-order chi connectivity index (χ1) is 39.5. The number of carbonyl (C=O) groups excluding carboxylic acids is 6. The van der Waals surface area contributed by atoms with Crippen LogP contribution >= 0.6 is 23.5 Å². The van der Waals surface area contributed by atoms with Gasteiger partial charge in [0.2, 0.25) is 35.4 Å². The smallest absolute Gasteiger partial charge is 0.233 e. The first-order valence-electron chi connectivity index (χ1n) is 34.2. The molecule has 562 valence electrons. The molecule has 4 aliphatic rings. The van der Waals surface area contributed by atoms with Crippen LogP contribution in [0.1, 0.15) is 343 Å². The van der Waals surface area contributed by atoms with E-state index in [1.165, 1.54) is 48.3 Å². The molecule has 6 amide bonds. The predicted octanol–water partition coefficient (Wildman–Crippen LogP) is 22.1. The van der Waals surface area contributed by atoms with E-state index in [0.29, 0.717) is 36.8 Å². The Bertz CT molecular complexity index is 2070. The number of imide groups is 2. The molecule has 2 unspecified atom stereocenters. The number of oxime groups is 1. The van der Waals surface area contributed by atoms with Gasteiger partial charge in [-0.25, -0.2) is 0 Å². The number of amides is 6. The van der Waals surface area contributed by atoms with Gasteiger partial charge in [-0.1, -0.05) is 250 Å². The van der Waals surface area contributed by atoms with Gasteiger partial charge >= 0.3 is 0 Å². The Kier molecular flexibility index (Phi) is 44.9. The van der Waals surface area contributed by atoms with Crippen LogP contribution < -0.4 is 10.6 Å². The Morgan fingerprint density at radius 2 is 0.681 bits per heavy atom. The largest absolute Gasteiger partial charge is 0.390 e. The maximum Gasteiger partial charge on any atom is 0.233 e. The molecular weight excluding hydrogens is 1210 g/mol. The minimum atomic E-state index is -0.218. The summed E-state index contributed by atoms with van der Waals surface area (Å²) < 4.78 is 0.518. The summed E-state index contributed by atoms with van der Waals surface area (Å²) in [5, 5.41) is 10.6. The lowest BCUT2D eigenvalue weighted by Crippen LogP contribution is -2.39. The van der Waals surface area contributed by atoms with E-state index in [-0.39, 0.29) is 144 Å². The molecule has 0 aromatic heterocycles. The van der Waals surface area contributed by atoms with Gasteiger partial charge in [-0.05, 0) is 140 Å². The van der Waals surface area contributed by atoms with Crippen molar-refractivity contribution in [2.45, 2.75) is 358 Å². The number of nitrogens with zero attached hydrogens (tertiary/aromatic N) is 3. The van der Waals surface area contributed by atoms with Gasteiger partial charge in [-0.2, -0.15) is 0 Å². The molecule has 2 aliphatic carbocycles. The fourth-order valence-corrected chi connectivity index (χ4v) is 12.5. The number of likely N-dealkylation sites (tertiary alicyclic amines) is 2. The molecule has 2 saturated carbocycles. The molecule has 0 aromatic rings. The quantitative estimate of drug-likeness (QED) is 0.104. The summed E-state index contributed by atoms with van der Waals surface area (Å²) in [6, 6.07) is 0. The van der Waals surface area contributed by atoms with Gasteiger partial charge in [-0.15, -0.1) is 23.5 Å². The topological polar surface area (TPSA) is 155 Å². The van der Waals surface area contributed by atoms with Crippen LogP contribution in [0.25, 0.3) is 0 Å². The predicted molar refractivity (Wildman–Crippen MR) is 418 cm³/mol. The van der Waals surface area contributed by atoms with E-state index >= 15 is 0 Å². The SMILES string of the molecule is C.C.C.C.C.CC(C)(C)CN1C(=O)CC(C(C)(C)C)C1=O.CC(C)(C)CN1C(=O)CC(C(C)(C)C)C1=O.CC(C)(C)CNC(=O)C1CCC(CC(C)(C)C)CC1.CC(C)(C)CNC(=O)C1CCC(CC(C)(C)C)CC1.CC(C)(C)ON=C(CSC(C)(C)C)CSC(C)(C)C. The van der Waals surface area contributed by atoms with Crippen LogP contribution in [0.2, 0.25) is 0 Å². The fourth-order valence-electron chi connectivity index (χ4n) is 10.9. The van der Waals surface area contributed by atoms with Crippen molar-refractivity contribution in [1.82, 2.24) is 20.4 Å². The molecule has 4 rings (SSSR count). The maximum atomic E-state index is 12.1. The van der Waals surface area contributed by atoms with E-state index in [9.17, 15) is 28.8 Å². The molecule has 2 aliphatic heterocycles. The second-order valence-electron chi connectivity index (χ2n) is 39.2. The molecule has 0 bridgehead atoms. The molecule has 94 heavy (non-hydrogen) atoms. The lowest BCUT2D eigenvalue weighted by molar-refractivity contribution is -0.143. The van der Waals surface area contributed by atoms with Gasteiger partial charge < -0.3 is 15.5 Å². The summed E-state index contributed by atoms with van der Waals surface area (Å²) in [5.74, 6) is 4.29. The van der Waals surface area contributed by atoms with Gasteiger partial charge in [0.25, 0.3) is 0 Å². The molecule has 2 N–H and O–H groups in total. The normalized spacial score (nSPS) is 20.7. The third kappa shape index (κ3) is 49.0. The highest BCUT2D eigenvalue weighted by molar-refractivity contribution is 8.02. The zero-order valence-corrected chi connectivity index (χ0v) is 65.8. The lowest BCUT2D eigenvalue weighted by atomic mass is 9.74. The summed E-state index contributed by atoms with van der Waals surface area (Å²) >= 11 is 3.84. The van der Waals surface area contributed by atoms with Gasteiger partial charge in [0.05, 0.1) is 17.5 Å². The lowest BCUT2D eigenvalue weighted by Gasteiger charge is -2.32. The summed E-state index contributed by atoms with van der Waals surface area (Å²) in [4.78, 5) is 80.7. The highest BCUT2D eigenvalue weighted by Crippen LogP contribution is 2.40. The van der Waals surface area contributed by atoms with Gasteiger partial charge in [0.15, 0.2) is 0 Å². The fraction of sp³-hybridized carbons (Fsp3) is 0.912. The van der Waals surface area contributed by atoms with Crippen molar-refractivity contribution in [3.8, 4) is 0 Å².